The second-order valence-corrected chi connectivity index (χ2v) is 6.90. The van der Waals surface area contributed by atoms with Crippen LogP contribution in [-0.4, -0.2) is 28.3 Å². The Balaban J connectivity index is 2.41. The number of benzene rings is 1. The Kier molecular flexibility index (Phi) is 4.42. The largest absolute Gasteiger partial charge is 0.340 e. The maximum atomic E-state index is 12.8. The zero-order valence-corrected chi connectivity index (χ0v) is 14.4. The number of nitrogens with zero attached hydrogens (tertiary/aromatic N) is 1. The molecule has 1 fully saturated rings. The Labute approximate surface area is 134 Å². The molecule has 1 aliphatic heterocycles. The van der Waals surface area contributed by atoms with Gasteiger partial charge in [-0.15, -0.1) is 0 Å². The molecule has 0 radical (unpaired) electrons. The molecule has 0 aliphatic carbocycles. The fourth-order valence-electron chi connectivity index (χ4n) is 2.79. The van der Waals surface area contributed by atoms with Crippen molar-refractivity contribution in [2.24, 2.45) is 0 Å². The number of halogens is 1. The maximum absolute atomic E-state index is 12.8. The maximum Gasteiger partial charge on any atom is 0.248 e. The average Bonchev–Trinajstić information content (AvgIpc) is 2.41. The Morgan fingerprint density at radius 3 is 2.62 bits per heavy atom. The number of nitrogens with one attached hydrogen (secondary N) is 1. The molecule has 1 aliphatic rings. The van der Waals surface area contributed by atoms with E-state index in [1.807, 2.05) is 38.1 Å². The van der Waals surface area contributed by atoms with Crippen LogP contribution in [0.4, 0.5) is 0 Å². The van der Waals surface area contributed by atoms with Crippen LogP contribution >= 0.6 is 15.9 Å². The normalized spacial score (nSPS) is 22.9. The number of piperazine rings is 1. The van der Waals surface area contributed by atoms with E-state index in [9.17, 15) is 9.59 Å². The summed E-state index contributed by atoms with van der Waals surface area (Å²) in [6.07, 6.45) is 0.603. The van der Waals surface area contributed by atoms with E-state index >= 15 is 0 Å². The highest BCUT2D eigenvalue weighted by atomic mass is 79.9. The van der Waals surface area contributed by atoms with Crippen LogP contribution < -0.4 is 5.32 Å². The summed E-state index contributed by atoms with van der Waals surface area (Å²) >= 11 is 3.45. The Morgan fingerprint density at radius 1 is 1.38 bits per heavy atom. The van der Waals surface area contributed by atoms with E-state index in [4.69, 9.17) is 0 Å². The highest BCUT2D eigenvalue weighted by molar-refractivity contribution is 9.10. The minimum Gasteiger partial charge on any atom is -0.340 e. The van der Waals surface area contributed by atoms with E-state index in [0.29, 0.717) is 6.42 Å². The zero-order chi connectivity index (χ0) is 15.8. The van der Waals surface area contributed by atoms with Crippen LogP contribution in [0.15, 0.2) is 28.7 Å². The zero-order valence-electron chi connectivity index (χ0n) is 12.8. The molecule has 1 aromatic carbocycles. The molecule has 0 aromatic heterocycles. The quantitative estimate of drug-likeness (QED) is 0.908. The van der Waals surface area contributed by atoms with Crippen LogP contribution in [0.25, 0.3) is 0 Å². The second-order valence-electron chi connectivity index (χ2n) is 5.98. The summed E-state index contributed by atoms with van der Waals surface area (Å²) in [5, 5.41) is 2.81. The van der Waals surface area contributed by atoms with Crippen LogP contribution in [0.5, 0.6) is 0 Å². The number of amides is 2. The van der Waals surface area contributed by atoms with E-state index in [0.717, 1.165) is 10.0 Å². The predicted molar refractivity (Wildman–Crippen MR) is 85.7 cm³/mol. The lowest BCUT2D eigenvalue weighted by molar-refractivity contribution is -0.156. The van der Waals surface area contributed by atoms with E-state index in [1.54, 1.807) is 18.7 Å². The van der Waals surface area contributed by atoms with E-state index in [-0.39, 0.29) is 17.9 Å². The third-order valence-electron chi connectivity index (χ3n) is 3.98. The molecular formula is C16H21BrN2O2. The summed E-state index contributed by atoms with van der Waals surface area (Å²) in [6.45, 7) is 7.40. The fourth-order valence-corrected chi connectivity index (χ4v) is 3.21. The first-order valence-electron chi connectivity index (χ1n) is 7.18. The van der Waals surface area contributed by atoms with Crippen molar-refractivity contribution in [3.8, 4) is 0 Å². The van der Waals surface area contributed by atoms with Gasteiger partial charge in [0.15, 0.2) is 0 Å². The summed E-state index contributed by atoms with van der Waals surface area (Å²) in [5.41, 5.74) is 0.157. The molecule has 2 unspecified atom stereocenters. The molecule has 1 aromatic rings. The van der Waals surface area contributed by atoms with Gasteiger partial charge in [-0.1, -0.05) is 35.0 Å². The van der Waals surface area contributed by atoms with Crippen LogP contribution in [0.3, 0.4) is 0 Å². The molecule has 114 valence electrons. The summed E-state index contributed by atoms with van der Waals surface area (Å²) in [6, 6.07) is 7.29. The van der Waals surface area contributed by atoms with Gasteiger partial charge in [-0.05, 0) is 44.9 Å². The fraction of sp³-hybridized carbons (Fsp3) is 0.500. The predicted octanol–water partition coefficient (Wildman–Crippen LogP) is 3.03. The van der Waals surface area contributed by atoms with Gasteiger partial charge >= 0.3 is 0 Å². The number of hydrogen-bond acceptors (Lipinski definition) is 2. The van der Waals surface area contributed by atoms with Crippen molar-refractivity contribution >= 4 is 27.7 Å². The van der Waals surface area contributed by atoms with Gasteiger partial charge in [0.05, 0.1) is 6.04 Å². The lowest BCUT2D eigenvalue weighted by Crippen LogP contribution is -2.68. The van der Waals surface area contributed by atoms with Crippen LogP contribution in [0, 0.1) is 0 Å². The third kappa shape index (κ3) is 2.98. The Bertz CT molecular complexity index is 571. The topological polar surface area (TPSA) is 49.4 Å². The molecule has 0 saturated carbocycles. The van der Waals surface area contributed by atoms with E-state index in [1.165, 1.54) is 0 Å². The minimum atomic E-state index is -0.858. The first kappa shape index (κ1) is 16.0. The van der Waals surface area contributed by atoms with Crippen molar-refractivity contribution in [2.45, 2.75) is 51.7 Å². The van der Waals surface area contributed by atoms with Crippen LogP contribution in [0.1, 0.15) is 45.7 Å². The van der Waals surface area contributed by atoms with Gasteiger partial charge in [0.25, 0.3) is 0 Å². The van der Waals surface area contributed by atoms with Crippen molar-refractivity contribution in [3.63, 3.8) is 0 Å². The molecule has 1 saturated heterocycles. The number of carbonyl (C=O) groups is 2. The molecule has 1 N–H and O–H groups in total. The summed E-state index contributed by atoms with van der Waals surface area (Å²) < 4.78 is 0.966. The molecule has 2 amide bonds. The minimum absolute atomic E-state index is 0.0403. The molecule has 0 spiro atoms. The van der Waals surface area contributed by atoms with Crippen molar-refractivity contribution in [1.82, 2.24) is 10.2 Å². The smallest absolute Gasteiger partial charge is 0.248 e. The van der Waals surface area contributed by atoms with Gasteiger partial charge in [0, 0.05) is 4.47 Å². The molecule has 5 heteroatoms. The molecule has 0 bridgehead atoms. The summed E-state index contributed by atoms with van der Waals surface area (Å²) in [7, 11) is 0. The first-order chi connectivity index (χ1) is 9.77. The molecule has 1 heterocycles. The monoisotopic (exact) mass is 352 g/mol. The van der Waals surface area contributed by atoms with Crippen molar-refractivity contribution in [1.29, 1.82) is 0 Å². The average molecular weight is 353 g/mol. The Morgan fingerprint density at radius 2 is 2.05 bits per heavy atom. The summed E-state index contributed by atoms with van der Waals surface area (Å²) in [4.78, 5) is 26.8. The molecule has 2 rings (SSSR count). The highest BCUT2D eigenvalue weighted by Gasteiger charge is 2.46. The number of carbonyl (C=O) groups excluding carboxylic acids is 2. The highest BCUT2D eigenvalue weighted by Crippen LogP contribution is 2.31. The van der Waals surface area contributed by atoms with E-state index < -0.39 is 11.6 Å². The molecular weight excluding hydrogens is 332 g/mol. The van der Waals surface area contributed by atoms with Gasteiger partial charge in [-0.3, -0.25) is 9.59 Å². The van der Waals surface area contributed by atoms with Gasteiger partial charge in [0.2, 0.25) is 11.8 Å². The van der Waals surface area contributed by atoms with Gasteiger partial charge < -0.3 is 10.2 Å². The third-order valence-corrected chi connectivity index (χ3v) is 4.47. The van der Waals surface area contributed by atoms with Crippen LogP contribution in [0.2, 0.25) is 0 Å². The lowest BCUT2D eigenvalue weighted by atomic mass is 9.92. The van der Waals surface area contributed by atoms with Gasteiger partial charge in [-0.2, -0.15) is 0 Å². The number of hydrogen-bond donors (Lipinski definition) is 1. The lowest BCUT2D eigenvalue weighted by Gasteiger charge is -2.45. The van der Waals surface area contributed by atoms with Crippen LogP contribution in [-0.2, 0) is 9.59 Å². The van der Waals surface area contributed by atoms with Gasteiger partial charge in [-0.25, -0.2) is 0 Å². The van der Waals surface area contributed by atoms with Gasteiger partial charge in [0.1, 0.15) is 11.6 Å². The molecule has 2 atom stereocenters. The SMILES string of the molecule is CCC1C(=O)NC(C)(C)C(=O)N1C(C)c1cccc(Br)c1. The first-order valence-corrected chi connectivity index (χ1v) is 7.97. The van der Waals surface area contributed by atoms with Crippen molar-refractivity contribution in [3.05, 3.63) is 34.3 Å². The number of rotatable bonds is 3. The Hall–Kier alpha value is -1.36. The molecule has 21 heavy (non-hydrogen) atoms. The second kappa shape index (κ2) is 5.79. The summed E-state index contributed by atoms with van der Waals surface area (Å²) in [5.74, 6) is -0.120. The molecule has 4 nitrogen and oxygen atoms in total. The van der Waals surface area contributed by atoms with E-state index in [2.05, 4.69) is 21.2 Å². The van der Waals surface area contributed by atoms with Crippen molar-refractivity contribution < 1.29 is 9.59 Å². The standard InChI is InChI=1S/C16H21BrN2O2/c1-5-13-14(20)18-16(3,4)15(21)19(13)10(2)11-7-6-8-12(17)9-11/h6-10,13H,5H2,1-4H3,(H,18,20). The van der Waals surface area contributed by atoms with Crippen molar-refractivity contribution in [2.75, 3.05) is 0 Å².